The Hall–Kier alpha value is -3.38. The van der Waals surface area contributed by atoms with E-state index in [1.165, 1.54) is 0 Å². The first-order chi connectivity index (χ1) is 13.4. The van der Waals surface area contributed by atoms with Gasteiger partial charge in [-0.3, -0.25) is 4.79 Å². The van der Waals surface area contributed by atoms with E-state index >= 15 is 0 Å². The molecule has 0 saturated heterocycles. The number of hydrogen-bond acceptors (Lipinski definition) is 4. The zero-order chi connectivity index (χ0) is 19.9. The lowest BCUT2D eigenvalue weighted by Gasteiger charge is -2.05. The number of sulfone groups is 1. The Labute approximate surface area is 163 Å². The third-order valence-electron chi connectivity index (χ3n) is 4.68. The van der Waals surface area contributed by atoms with Gasteiger partial charge in [0.25, 0.3) is 0 Å². The van der Waals surface area contributed by atoms with Crippen molar-refractivity contribution in [2.24, 2.45) is 0 Å². The minimum atomic E-state index is -3.91. The SMILES string of the molecule is Cc1ccc(S(=O)(=O)c2c(N)c(C(=O)c3ccccc3)n3ccccc23)cc1. The molecule has 0 bridgehead atoms. The van der Waals surface area contributed by atoms with Crippen LogP contribution in [0.5, 0.6) is 0 Å². The number of carbonyl (C=O) groups excluding carboxylic acids is 1. The molecule has 140 valence electrons. The summed E-state index contributed by atoms with van der Waals surface area (Å²) in [6.45, 7) is 1.88. The monoisotopic (exact) mass is 390 g/mol. The van der Waals surface area contributed by atoms with E-state index in [0.29, 0.717) is 11.1 Å². The fraction of sp³-hybridized carbons (Fsp3) is 0.0455. The summed E-state index contributed by atoms with van der Waals surface area (Å²) in [6, 6.07) is 20.3. The molecule has 6 heteroatoms. The number of anilines is 1. The third kappa shape index (κ3) is 2.78. The van der Waals surface area contributed by atoms with Gasteiger partial charge in [0.1, 0.15) is 10.6 Å². The summed E-state index contributed by atoms with van der Waals surface area (Å²) in [5.41, 5.74) is 8.16. The lowest BCUT2D eigenvalue weighted by Crippen LogP contribution is -2.09. The summed E-state index contributed by atoms with van der Waals surface area (Å²) in [5, 5.41) is 0. The standard InChI is InChI=1S/C22H18N2O3S/c1-15-10-12-17(13-11-15)28(26,27)22-18-9-5-6-14-24(18)20(19(22)23)21(25)16-7-3-2-4-8-16/h2-14H,23H2,1H3. The Morgan fingerprint density at radius 2 is 1.54 bits per heavy atom. The van der Waals surface area contributed by atoms with Gasteiger partial charge in [-0.05, 0) is 31.2 Å². The third-order valence-corrected chi connectivity index (χ3v) is 6.54. The van der Waals surface area contributed by atoms with Gasteiger partial charge in [-0.2, -0.15) is 0 Å². The normalized spacial score (nSPS) is 11.6. The lowest BCUT2D eigenvalue weighted by atomic mass is 10.1. The van der Waals surface area contributed by atoms with Gasteiger partial charge in [0.15, 0.2) is 0 Å². The molecule has 0 unspecified atom stereocenters. The van der Waals surface area contributed by atoms with Crippen LogP contribution in [0.1, 0.15) is 21.6 Å². The van der Waals surface area contributed by atoms with Crippen LogP contribution in [0.2, 0.25) is 0 Å². The van der Waals surface area contributed by atoms with Gasteiger partial charge in [0.2, 0.25) is 15.6 Å². The molecule has 0 fully saturated rings. The molecule has 0 aliphatic heterocycles. The number of nitrogens with zero attached hydrogens (tertiary/aromatic N) is 1. The molecule has 2 N–H and O–H groups in total. The topological polar surface area (TPSA) is 81.6 Å². The van der Waals surface area contributed by atoms with E-state index in [1.807, 2.05) is 13.0 Å². The molecule has 2 aromatic carbocycles. The number of carbonyl (C=O) groups is 1. The van der Waals surface area contributed by atoms with Crippen LogP contribution in [0.3, 0.4) is 0 Å². The Morgan fingerprint density at radius 1 is 0.893 bits per heavy atom. The average molecular weight is 390 g/mol. The summed E-state index contributed by atoms with van der Waals surface area (Å²) in [4.78, 5) is 13.2. The van der Waals surface area contributed by atoms with E-state index in [2.05, 4.69) is 0 Å². The fourth-order valence-electron chi connectivity index (χ4n) is 3.27. The van der Waals surface area contributed by atoms with Gasteiger partial charge in [0, 0.05) is 11.8 Å². The zero-order valence-corrected chi connectivity index (χ0v) is 16.0. The first kappa shape index (κ1) is 18.0. The highest BCUT2D eigenvalue weighted by Crippen LogP contribution is 2.35. The van der Waals surface area contributed by atoms with Crippen LogP contribution >= 0.6 is 0 Å². The molecule has 2 heterocycles. The fourth-order valence-corrected chi connectivity index (χ4v) is 4.83. The molecule has 2 aromatic heterocycles. The van der Waals surface area contributed by atoms with Crippen molar-refractivity contribution in [3.05, 3.63) is 95.8 Å². The molecule has 4 rings (SSSR count). The summed E-state index contributed by atoms with van der Waals surface area (Å²) in [6.07, 6.45) is 1.65. The lowest BCUT2D eigenvalue weighted by molar-refractivity contribution is 0.103. The van der Waals surface area contributed by atoms with Crippen LogP contribution in [-0.4, -0.2) is 18.6 Å². The molecular formula is C22H18N2O3S. The van der Waals surface area contributed by atoms with Crippen LogP contribution in [-0.2, 0) is 9.84 Å². The van der Waals surface area contributed by atoms with Crippen molar-refractivity contribution in [2.45, 2.75) is 16.7 Å². The molecule has 0 aliphatic carbocycles. The highest BCUT2D eigenvalue weighted by atomic mass is 32.2. The van der Waals surface area contributed by atoms with Gasteiger partial charge >= 0.3 is 0 Å². The van der Waals surface area contributed by atoms with E-state index in [-0.39, 0.29) is 27.0 Å². The maximum absolute atomic E-state index is 13.3. The number of ketones is 1. The molecule has 0 spiro atoms. The number of fused-ring (bicyclic) bond motifs is 1. The predicted molar refractivity (Wildman–Crippen MR) is 108 cm³/mol. The molecular weight excluding hydrogens is 372 g/mol. The van der Waals surface area contributed by atoms with Crippen LogP contribution < -0.4 is 5.73 Å². The van der Waals surface area contributed by atoms with Gasteiger partial charge in [-0.1, -0.05) is 54.1 Å². The van der Waals surface area contributed by atoms with Crippen LogP contribution in [0, 0.1) is 6.92 Å². The smallest absolute Gasteiger partial charge is 0.211 e. The number of pyridine rings is 1. The highest BCUT2D eigenvalue weighted by molar-refractivity contribution is 7.91. The quantitative estimate of drug-likeness (QED) is 0.536. The van der Waals surface area contributed by atoms with Gasteiger partial charge in [-0.15, -0.1) is 0 Å². The molecule has 0 aliphatic rings. The second kappa shape index (κ2) is 6.65. The first-order valence-corrected chi connectivity index (χ1v) is 10.2. The van der Waals surface area contributed by atoms with Gasteiger partial charge in [0.05, 0.1) is 16.1 Å². The van der Waals surface area contributed by atoms with Crippen molar-refractivity contribution >= 4 is 26.8 Å². The predicted octanol–water partition coefficient (Wildman–Crippen LogP) is 3.89. The maximum atomic E-state index is 13.3. The Bertz CT molecular complexity index is 1290. The Kier molecular flexibility index (Phi) is 4.28. The van der Waals surface area contributed by atoms with E-state index in [4.69, 9.17) is 5.73 Å². The van der Waals surface area contributed by atoms with Gasteiger partial charge in [-0.25, -0.2) is 8.42 Å². The number of nitrogen functional groups attached to an aromatic ring is 1. The number of hydrogen-bond donors (Lipinski definition) is 1. The van der Waals surface area contributed by atoms with Crippen LogP contribution in [0.4, 0.5) is 5.69 Å². The number of rotatable bonds is 4. The number of nitrogens with two attached hydrogens (primary N) is 1. The second-order valence-electron chi connectivity index (χ2n) is 6.56. The molecule has 28 heavy (non-hydrogen) atoms. The van der Waals surface area contributed by atoms with Crippen molar-refractivity contribution < 1.29 is 13.2 Å². The Balaban J connectivity index is 2.00. The summed E-state index contributed by atoms with van der Waals surface area (Å²) >= 11 is 0. The van der Waals surface area contributed by atoms with Crippen molar-refractivity contribution in [2.75, 3.05) is 5.73 Å². The zero-order valence-electron chi connectivity index (χ0n) is 15.2. The highest BCUT2D eigenvalue weighted by Gasteiger charge is 2.30. The summed E-state index contributed by atoms with van der Waals surface area (Å²) < 4.78 is 28.2. The van der Waals surface area contributed by atoms with E-state index in [1.54, 1.807) is 77.3 Å². The van der Waals surface area contributed by atoms with Crippen molar-refractivity contribution in [3.8, 4) is 0 Å². The molecule has 0 atom stereocenters. The van der Waals surface area contributed by atoms with Crippen LogP contribution in [0.25, 0.3) is 5.52 Å². The van der Waals surface area contributed by atoms with Crippen LogP contribution in [0.15, 0.2) is 88.8 Å². The Morgan fingerprint density at radius 3 is 2.21 bits per heavy atom. The molecule has 0 saturated carbocycles. The van der Waals surface area contributed by atoms with Gasteiger partial charge < -0.3 is 10.1 Å². The second-order valence-corrected chi connectivity index (χ2v) is 8.45. The minimum Gasteiger partial charge on any atom is -0.396 e. The van der Waals surface area contributed by atoms with Crippen molar-refractivity contribution in [1.82, 2.24) is 4.40 Å². The summed E-state index contributed by atoms with van der Waals surface area (Å²) in [7, 11) is -3.91. The number of benzene rings is 2. The minimum absolute atomic E-state index is 0.0411. The average Bonchev–Trinajstić information content (AvgIpc) is 3.01. The largest absolute Gasteiger partial charge is 0.396 e. The van der Waals surface area contributed by atoms with E-state index < -0.39 is 9.84 Å². The molecule has 5 nitrogen and oxygen atoms in total. The number of aromatic nitrogens is 1. The van der Waals surface area contributed by atoms with Crippen molar-refractivity contribution in [3.63, 3.8) is 0 Å². The first-order valence-electron chi connectivity index (χ1n) is 8.71. The number of aryl methyl sites for hydroxylation is 1. The van der Waals surface area contributed by atoms with E-state index in [9.17, 15) is 13.2 Å². The maximum Gasteiger partial charge on any atom is 0.211 e. The molecule has 0 amide bonds. The molecule has 0 radical (unpaired) electrons. The molecule has 4 aromatic rings. The summed E-state index contributed by atoms with van der Waals surface area (Å²) in [5.74, 6) is -0.329. The van der Waals surface area contributed by atoms with E-state index in [0.717, 1.165) is 5.56 Å². The van der Waals surface area contributed by atoms with Crippen molar-refractivity contribution in [1.29, 1.82) is 0 Å².